The quantitative estimate of drug-likeness (QED) is 0.775. The minimum absolute atomic E-state index is 0.307. The molecule has 0 aliphatic rings. The number of hydrogen-bond acceptors (Lipinski definition) is 1. The standard InChI is InChI=1S/C10H15NO2/c1-3-8(4-2)11-7-5-6-9(11)10(12)13/h5-8H,3-4H2,1-2H3,(H,12,13). The summed E-state index contributed by atoms with van der Waals surface area (Å²) in [6, 6.07) is 3.73. The SMILES string of the molecule is CCC(CC)n1cccc1C(=O)O. The number of hydrogen-bond donors (Lipinski definition) is 1. The van der Waals surface area contributed by atoms with Crippen LogP contribution in [0.3, 0.4) is 0 Å². The summed E-state index contributed by atoms with van der Waals surface area (Å²) in [5.41, 5.74) is 0.383. The maximum atomic E-state index is 10.8. The van der Waals surface area contributed by atoms with E-state index in [-0.39, 0.29) is 0 Å². The van der Waals surface area contributed by atoms with E-state index in [1.165, 1.54) is 0 Å². The van der Waals surface area contributed by atoms with Crippen molar-refractivity contribution in [2.75, 3.05) is 0 Å². The lowest BCUT2D eigenvalue weighted by Crippen LogP contribution is -2.12. The number of aromatic carboxylic acids is 1. The Morgan fingerprint density at radius 1 is 1.54 bits per heavy atom. The molecule has 1 heterocycles. The maximum absolute atomic E-state index is 10.8. The van der Waals surface area contributed by atoms with E-state index >= 15 is 0 Å². The fourth-order valence-electron chi connectivity index (χ4n) is 1.58. The monoisotopic (exact) mass is 181 g/mol. The number of aromatic nitrogens is 1. The molecule has 0 radical (unpaired) electrons. The van der Waals surface area contributed by atoms with Gasteiger partial charge in [-0.15, -0.1) is 0 Å². The fourth-order valence-corrected chi connectivity index (χ4v) is 1.58. The van der Waals surface area contributed by atoms with Gasteiger partial charge in [-0.25, -0.2) is 4.79 Å². The van der Waals surface area contributed by atoms with Crippen molar-refractivity contribution in [3.05, 3.63) is 24.0 Å². The van der Waals surface area contributed by atoms with Crippen LogP contribution in [-0.2, 0) is 0 Å². The minimum atomic E-state index is -0.850. The van der Waals surface area contributed by atoms with E-state index in [2.05, 4.69) is 13.8 Å². The highest BCUT2D eigenvalue weighted by Gasteiger charge is 2.13. The number of rotatable bonds is 4. The highest BCUT2D eigenvalue weighted by atomic mass is 16.4. The summed E-state index contributed by atoms with van der Waals surface area (Å²) in [5, 5.41) is 8.87. The van der Waals surface area contributed by atoms with Crippen molar-refractivity contribution >= 4 is 5.97 Å². The van der Waals surface area contributed by atoms with Gasteiger partial charge in [-0.1, -0.05) is 13.8 Å². The predicted octanol–water partition coefficient (Wildman–Crippen LogP) is 2.55. The van der Waals surface area contributed by atoms with Crippen LogP contribution >= 0.6 is 0 Å². The molecule has 0 atom stereocenters. The molecule has 0 fully saturated rings. The molecule has 1 rings (SSSR count). The van der Waals surface area contributed by atoms with E-state index in [9.17, 15) is 4.79 Å². The zero-order valence-electron chi connectivity index (χ0n) is 8.03. The molecule has 1 aromatic rings. The van der Waals surface area contributed by atoms with Crippen molar-refractivity contribution in [2.24, 2.45) is 0 Å². The highest BCUT2D eigenvalue weighted by molar-refractivity contribution is 5.85. The van der Waals surface area contributed by atoms with Crippen LogP contribution < -0.4 is 0 Å². The van der Waals surface area contributed by atoms with Crippen LogP contribution in [0.4, 0.5) is 0 Å². The van der Waals surface area contributed by atoms with E-state index < -0.39 is 5.97 Å². The molecule has 0 bridgehead atoms. The van der Waals surface area contributed by atoms with Gasteiger partial charge < -0.3 is 9.67 Å². The lowest BCUT2D eigenvalue weighted by atomic mass is 10.1. The Labute approximate surface area is 78.0 Å². The summed E-state index contributed by atoms with van der Waals surface area (Å²) in [5.74, 6) is -0.850. The van der Waals surface area contributed by atoms with Crippen molar-refractivity contribution in [1.29, 1.82) is 0 Å². The van der Waals surface area contributed by atoms with Gasteiger partial charge in [-0.2, -0.15) is 0 Å². The molecule has 0 unspecified atom stereocenters. The molecule has 1 aromatic heterocycles. The molecule has 0 aromatic carbocycles. The maximum Gasteiger partial charge on any atom is 0.352 e. The Kier molecular flexibility index (Phi) is 3.12. The Bertz CT molecular complexity index is 287. The number of carboxylic acids is 1. The van der Waals surface area contributed by atoms with E-state index in [0.29, 0.717) is 11.7 Å². The molecule has 0 spiro atoms. The Morgan fingerprint density at radius 3 is 2.62 bits per heavy atom. The third kappa shape index (κ3) is 1.91. The first-order valence-corrected chi connectivity index (χ1v) is 4.60. The minimum Gasteiger partial charge on any atom is -0.477 e. The van der Waals surface area contributed by atoms with E-state index in [1.54, 1.807) is 12.1 Å². The van der Waals surface area contributed by atoms with Crippen molar-refractivity contribution in [1.82, 2.24) is 4.57 Å². The van der Waals surface area contributed by atoms with E-state index in [4.69, 9.17) is 5.11 Å². The molecule has 0 aliphatic heterocycles. The van der Waals surface area contributed by atoms with E-state index in [1.807, 2.05) is 10.8 Å². The summed E-state index contributed by atoms with van der Waals surface area (Å²) in [6.45, 7) is 4.14. The van der Waals surface area contributed by atoms with Gasteiger partial charge >= 0.3 is 5.97 Å². The van der Waals surface area contributed by atoms with Crippen molar-refractivity contribution in [3.8, 4) is 0 Å². The summed E-state index contributed by atoms with van der Waals surface area (Å²) in [6.07, 6.45) is 3.76. The largest absolute Gasteiger partial charge is 0.477 e. The first-order valence-electron chi connectivity index (χ1n) is 4.60. The Hall–Kier alpha value is -1.25. The van der Waals surface area contributed by atoms with Gasteiger partial charge in [0.2, 0.25) is 0 Å². The van der Waals surface area contributed by atoms with Crippen LogP contribution in [0.25, 0.3) is 0 Å². The van der Waals surface area contributed by atoms with Gasteiger partial charge in [-0.05, 0) is 25.0 Å². The summed E-state index contributed by atoms with van der Waals surface area (Å²) in [7, 11) is 0. The third-order valence-corrected chi connectivity index (χ3v) is 2.33. The molecule has 3 heteroatoms. The Balaban J connectivity index is 2.98. The normalized spacial score (nSPS) is 10.7. The van der Waals surface area contributed by atoms with Crippen LogP contribution in [0.15, 0.2) is 18.3 Å². The molecule has 3 nitrogen and oxygen atoms in total. The molecule has 0 saturated heterocycles. The highest BCUT2D eigenvalue weighted by Crippen LogP contribution is 2.18. The average molecular weight is 181 g/mol. The second kappa shape index (κ2) is 4.12. The topological polar surface area (TPSA) is 42.2 Å². The van der Waals surface area contributed by atoms with Gasteiger partial charge in [0.15, 0.2) is 0 Å². The third-order valence-electron chi connectivity index (χ3n) is 2.33. The van der Waals surface area contributed by atoms with Crippen molar-refractivity contribution < 1.29 is 9.90 Å². The lowest BCUT2D eigenvalue weighted by Gasteiger charge is -2.16. The van der Waals surface area contributed by atoms with Crippen LogP contribution in [0, 0.1) is 0 Å². The number of nitrogens with zero attached hydrogens (tertiary/aromatic N) is 1. The zero-order chi connectivity index (χ0) is 9.84. The van der Waals surface area contributed by atoms with Gasteiger partial charge in [0.1, 0.15) is 5.69 Å². The summed E-state index contributed by atoms with van der Waals surface area (Å²) in [4.78, 5) is 10.8. The van der Waals surface area contributed by atoms with Crippen molar-refractivity contribution in [2.45, 2.75) is 32.7 Å². The molecule has 0 aliphatic carbocycles. The molecular weight excluding hydrogens is 166 g/mol. The summed E-state index contributed by atoms with van der Waals surface area (Å²) < 4.78 is 1.84. The first-order chi connectivity index (χ1) is 6.20. The van der Waals surface area contributed by atoms with Gasteiger partial charge in [0.05, 0.1) is 0 Å². The zero-order valence-corrected chi connectivity index (χ0v) is 8.03. The van der Waals surface area contributed by atoms with E-state index in [0.717, 1.165) is 12.8 Å². The molecule has 13 heavy (non-hydrogen) atoms. The fraction of sp³-hybridized carbons (Fsp3) is 0.500. The Morgan fingerprint density at radius 2 is 2.15 bits per heavy atom. The smallest absolute Gasteiger partial charge is 0.352 e. The molecule has 0 amide bonds. The second-order valence-corrected chi connectivity index (χ2v) is 3.08. The van der Waals surface area contributed by atoms with Crippen LogP contribution in [0.5, 0.6) is 0 Å². The first kappa shape index (κ1) is 9.84. The summed E-state index contributed by atoms with van der Waals surface area (Å²) >= 11 is 0. The van der Waals surface area contributed by atoms with Crippen LogP contribution in [0.1, 0.15) is 43.2 Å². The average Bonchev–Trinajstić information content (AvgIpc) is 2.55. The van der Waals surface area contributed by atoms with Gasteiger partial charge in [0.25, 0.3) is 0 Å². The predicted molar refractivity (Wildman–Crippen MR) is 51.0 cm³/mol. The number of carbonyl (C=O) groups is 1. The molecular formula is C10H15NO2. The van der Waals surface area contributed by atoms with Gasteiger partial charge in [-0.3, -0.25) is 0 Å². The number of carboxylic acid groups (broad SMARTS) is 1. The van der Waals surface area contributed by atoms with Crippen LogP contribution in [-0.4, -0.2) is 15.6 Å². The second-order valence-electron chi connectivity index (χ2n) is 3.08. The lowest BCUT2D eigenvalue weighted by molar-refractivity contribution is 0.0682. The van der Waals surface area contributed by atoms with Crippen LogP contribution in [0.2, 0.25) is 0 Å². The molecule has 0 saturated carbocycles. The molecule has 1 N–H and O–H groups in total. The van der Waals surface area contributed by atoms with Gasteiger partial charge in [0, 0.05) is 12.2 Å². The molecule has 72 valence electrons. The van der Waals surface area contributed by atoms with Crippen molar-refractivity contribution in [3.63, 3.8) is 0 Å².